The van der Waals surface area contributed by atoms with Gasteiger partial charge in [-0.25, -0.2) is 0 Å². The number of rotatable bonds is 25. The molecule has 12 heteroatoms. The highest BCUT2D eigenvalue weighted by atomic mass is 32.2. The average molecular weight is 463 g/mol. The number of hydrogen-bond donors (Lipinski definition) is 0. The Kier molecular flexibility index (Phi) is 22.9. The zero-order valence-electron chi connectivity index (χ0n) is 18.2. The molecule has 30 heavy (non-hydrogen) atoms. The maximum Gasteiger partial charge on any atom is 0.264 e. The molecule has 0 bridgehead atoms. The van der Waals surface area contributed by atoms with Crippen molar-refractivity contribution < 1.29 is 50.5 Å². The van der Waals surface area contributed by atoms with Crippen LogP contribution in [0.25, 0.3) is 0 Å². The molecule has 0 N–H and O–H groups in total. The van der Waals surface area contributed by atoms with Crippen LogP contribution in [0.2, 0.25) is 0 Å². The van der Waals surface area contributed by atoms with Gasteiger partial charge in [0.1, 0.15) is 0 Å². The fraction of sp³-hybridized carbons (Fsp3) is 1.00. The first kappa shape index (κ1) is 29.6. The molecule has 0 aromatic heterocycles. The van der Waals surface area contributed by atoms with Gasteiger partial charge in [-0.1, -0.05) is 0 Å². The molecule has 0 saturated heterocycles. The molecule has 0 aliphatic rings. The second-order valence-corrected chi connectivity index (χ2v) is 7.45. The van der Waals surface area contributed by atoms with Gasteiger partial charge in [0.25, 0.3) is 10.1 Å². The van der Waals surface area contributed by atoms with E-state index in [9.17, 15) is 8.42 Å². The van der Waals surface area contributed by atoms with Crippen molar-refractivity contribution in [3.8, 4) is 0 Å². The fourth-order valence-electron chi connectivity index (χ4n) is 1.81. The van der Waals surface area contributed by atoms with Crippen LogP contribution in [-0.2, 0) is 52.2 Å². The van der Waals surface area contributed by atoms with E-state index in [2.05, 4.69) is 4.18 Å². The highest BCUT2D eigenvalue weighted by Gasteiger charge is 2.00. The highest BCUT2D eigenvalue weighted by Crippen LogP contribution is 1.88. The molecule has 0 spiro atoms. The Labute approximate surface area is 180 Å². The first-order valence-corrected chi connectivity index (χ1v) is 11.8. The van der Waals surface area contributed by atoms with E-state index in [0.29, 0.717) is 92.5 Å². The van der Waals surface area contributed by atoms with E-state index >= 15 is 0 Å². The SMILES string of the molecule is COCCOCCOCCOCCOCCOCCOCCOCCOS(C)(=O)=O. The zero-order valence-corrected chi connectivity index (χ0v) is 19.0. The van der Waals surface area contributed by atoms with Gasteiger partial charge in [-0.05, 0) is 0 Å². The van der Waals surface area contributed by atoms with Crippen molar-refractivity contribution in [2.75, 3.05) is 119 Å². The third-order valence-electron chi connectivity index (χ3n) is 3.19. The van der Waals surface area contributed by atoms with E-state index in [-0.39, 0.29) is 13.2 Å². The maximum atomic E-state index is 10.7. The monoisotopic (exact) mass is 462 g/mol. The van der Waals surface area contributed by atoms with Crippen LogP contribution in [0.5, 0.6) is 0 Å². The van der Waals surface area contributed by atoms with E-state index in [1.54, 1.807) is 7.11 Å². The Morgan fingerprint density at radius 3 is 0.900 bits per heavy atom. The van der Waals surface area contributed by atoms with Gasteiger partial charge < -0.3 is 37.9 Å². The van der Waals surface area contributed by atoms with Gasteiger partial charge in [0.2, 0.25) is 0 Å². The summed E-state index contributed by atoms with van der Waals surface area (Å²) >= 11 is 0. The summed E-state index contributed by atoms with van der Waals surface area (Å²) < 4.78 is 68.0. The van der Waals surface area contributed by atoms with Gasteiger partial charge in [-0.2, -0.15) is 8.42 Å². The first-order chi connectivity index (χ1) is 14.6. The second-order valence-electron chi connectivity index (χ2n) is 5.81. The fourth-order valence-corrected chi connectivity index (χ4v) is 2.18. The van der Waals surface area contributed by atoms with Gasteiger partial charge in [0, 0.05) is 7.11 Å². The molecule has 0 aromatic carbocycles. The Morgan fingerprint density at radius 1 is 0.433 bits per heavy atom. The van der Waals surface area contributed by atoms with E-state index in [0.717, 1.165) is 6.26 Å². The zero-order chi connectivity index (χ0) is 22.2. The summed E-state index contributed by atoms with van der Waals surface area (Å²) in [6, 6.07) is 0. The molecule has 0 unspecified atom stereocenters. The summed E-state index contributed by atoms with van der Waals surface area (Å²) in [7, 11) is -1.77. The lowest BCUT2D eigenvalue weighted by atomic mass is 10.6. The second kappa shape index (κ2) is 23.3. The molecule has 0 atom stereocenters. The topological polar surface area (TPSA) is 117 Å². The molecular formula is C18H38O11S. The molecule has 0 aromatic rings. The van der Waals surface area contributed by atoms with Gasteiger partial charge >= 0.3 is 0 Å². The molecule has 0 amide bonds. The van der Waals surface area contributed by atoms with Crippen LogP contribution >= 0.6 is 0 Å². The standard InChI is InChI=1S/C18H38O11S/c1-21-3-4-22-5-6-23-7-8-24-9-10-25-11-12-26-13-14-27-15-16-28-17-18-29-30(2,19)20/h3-18H2,1-2H3. The summed E-state index contributed by atoms with van der Waals surface area (Å²) in [5.74, 6) is 0. The predicted molar refractivity (Wildman–Crippen MR) is 108 cm³/mol. The van der Waals surface area contributed by atoms with Crippen LogP contribution in [0.3, 0.4) is 0 Å². The van der Waals surface area contributed by atoms with E-state index in [1.165, 1.54) is 0 Å². The van der Waals surface area contributed by atoms with E-state index in [1.807, 2.05) is 0 Å². The molecule has 0 heterocycles. The molecule has 182 valence electrons. The predicted octanol–water partition coefficient (Wildman–Crippen LogP) is -0.275. The molecule has 11 nitrogen and oxygen atoms in total. The minimum atomic E-state index is -3.41. The molecule has 0 aliphatic carbocycles. The van der Waals surface area contributed by atoms with Gasteiger partial charge in [-0.15, -0.1) is 0 Å². The number of ether oxygens (including phenoxy) is 8. The molecule has 0 radical (unpaired) electrons. The summed E-state index contributed by atoms with van der Waals surface area (Å²) in [4.78, 5) is 0. The van der Waals surface area contributed by atoms with Crippen LogP contribution < -0.4 is 0 Å². The smallest absolute Gasteiger partial charge is 0.264 e. The lowest BCUT2D eigenvalue weighted by Crippen LogP contribution is -2.15. The van der Waals surface area contributed by atoms with Crippen molar-refractivity contribution in [3.63, 3.8) is 0 Å². The normalized spacial score (nSPS) is 11.9. The number of methoxy groups -OCH3 is 1. The third kappa shape index (κ3) is 27.6. The molecule has 0 saturated carbocycles. The minimum Gasteiger partial charge on any atom is -0.382 e. The quantitative estimate of drug-likeness (QED) is 0.132. The Bertz CT molecular complexity index is 434. The lowest BCUT2D eigenvalue weighted by Gasteiger charge is -2.08. The summed E-state index contributed by atoms with van der Waals surface area (Å²) in [5, 5.41) is 0. The van der Waals surface area contributed by atoms with Crippen molar-refractivity contribution >= 4 is 10.1 Å². The Morgan fingerprint density at radius 2 is 0.667 bits per heavy atom. The lowest BCUT2D eigenvalue weighted by molar-refractivity contribution is -0.0226. The summed E-state index contributed by atoms with van der Waals surface area (Å²) in [6.07, 6.45) is 0.997. The van der Waals surface area contributed by atoms with Crippen molar-refractivity contribution in [3.05, 3.63) is 0 Å². The minimum absolute atomic E-state index is 0.00584. The Balaban J connectivity index is 3.03. The molecule has 0 aliphatic heterocycles. The van der Waals surface area contributed by atoms with Crippen LogP contribution in [-0.4, -0.2) is 127 Å². The van der Waals surface area contributed by atoms with Gasteiger partial charge in [-0.3, -0.25) is 4.18 Å². The molecule has 0 rings (SSSR count). The van der Waals surface area contributed by atoms with Crippen molar-refractivity contribution in [2.24, 2.45) is 0 Å². The van der Waals surface area contributed by atoms with E-state index in [4.69, 9.17) is 37.9 Å². The summed E-state index contributed by atoms with van der Waals surface area (Å²) in [6.45, 7) is 7.15. The highest BCUT2D eigenvalue weighted by molar-refractivity contribution is 7.85. The van der Waals surface area contributed by atoms with Crippen LogP contribution in [0.4, 0.5) is 0 Å². The summed E-state index contributed by atoms with van der Waals surface area (Å²) in [5.41, 5.74) is 0. The van der Waals surface area contributed by atoms with Crippen LogP contribution in [0.1, 0.15) is 0 Å². The largest absolute Gasteiger partial charge is 0.382 e. The molecular weight excluding hydrogens is 424 g/mol. The maximum absolute atomic E-state index is 10.7. The average Bonchev–Trinajstić information content (AvgIpc) is 2.70. The third-order valence-corrected chi connectivity index (χ3v) is 3.78. The van der Waals surface area contributed by atoms with E-state index < -0.39 is 10.1 Å². The van der Waals surface area contributed by atoms with Crippen molar-refractivity contribution in [2.45, 2.75) is 0 Å². The van der Waals surface area contributed by atoms with Crippen molar-refractivity contribution in [1.82, 2.24) is 0 Å². The molecule has 0 fully saturated rings. The first-order valence-electron chi connectivity index (χ1n) is 9.94. The van der Waals surface area contributed by atoms with Crippen molar-refractivity contribution in [1.29, 1.82) is 0 Å². The van der Waals surface area contributed by atoms with Crippen LogP contribution in [0, 0.1) is 0 Å². The van der Waals surface area contributed by atoms with Gasteiger partial charge in [0.15, 0.2) is 0 Å². The Hall–Kier alpha value is -0.410. The number of hydrogen-bond acceptors (Lipinski definition) is 11. The van der Waals surface area contributed by atoms with Gasteiger partial charge in [0.05, 0.1) is 112 Å². The van der Waals surface area contributed by atoms with Crippen LogP contribution in [0.15, 0.2) is 0 Å².